The molecule has 3 aromatic rings. The second kappa shape index (κ2) is 7.49. The van der Waals surface area contributed by atoms with Gasteiger partial charge in [0.25, 0.3) is 0 Å². The van der Waals surface area contributed by atoms with Gasteiger partial charge in [0.2, 0.25) is 0 Å². The van der Waals surface area contributed by atoms with Gasteiger partial charge in [-0.25, -0.2) is 4.98 Å². The number of aromatic nitrogens is 3. The van der Waals surface area contributed by atoms with Crippen molar-refractivity contribution in [1.82, 2.24) is 15.2 Å². The zero-order valence-electron chi connectivity index (χ0n) is 14.7. The van der Waals surface area contributed by atoms with Crippen molar-refractivity contribution < 1.29 is 0 Å². The van der Waals surface area contributed by atoms with E-state index in [0.29, 0.717) is 5.92 Å². The molecule has 0 saturated heterocycles. The Morgan fingerprint density at radius 1 is 1.26 bits per heavy atom. The summed E-state index contributed by atoms with van der Waals surface area (Å²) in [6, 6.07) is 0. The summed E-state index contributed by atoms with van der Waals surface area (Å²) < 4.78 is 1.13. The molecule has 4 nitrogen and oxygen atoms in total. The van der Waals surface area contributed by atoms with Crippen LogP contribution in [0.5, 0.6) is 0 Å². The van der Waals surface area contributed by atoms with Crippen molar-refractivity contribution in [2.45, 2.75) is 48.0 Å². The fourth-order valence-corrected chi connectivity index (χ4v) is 3.80. The fourth-order valence-electron chi connectivity index (χ4n) is 2.46. The minimum absolute atomic E-state index is 0.680. The van der Waals surface area contributed by atoms with Crippen molar-refractivity contribution in [2.75, 3.05) is 11.9 Å². The Balaban J connectivity index is 0.000000924. The minimum Gasteiger partial charge on any atom is -0.367 e. The molecular weight excluding hydrogens is 328 g/mol. The summed E-state index contributed by atoms with van der Waals surface area (Å²) in [5.41, 5.74) is 2.99. The second-order valence-corrected chi connectivity index (χ2v) is 7.18. The molecule has 0 amide bonds. The Hall–Kier alpha value is -1.33. The van der Waals surface area contributed by atoms with Crippen LogP contribution in [0.25, 0.3) is 20.4 Å². The van der Waals surface area contributed by atoms with Crippen molar-refractivity contribution in [1.29, 1.82) is 0 Å². The maximum atomic E-state index is 6.33. The molecule has 126 valence electrons. The summed E-state index contributed by atoms with van der Waals surface area (Å²) in [5.74, 6) is 1.60. The van der Waals surface area contributed by atoms with Crippen LogP contribution in [0.3, 0.4) is 0 Å². The highest BCUT2D eigenvalue weighted by Crippen LogP contribution is 2.39. The number of anilines is 1. The van der Waals surface area contributed by atoms with Crippen LogP contribution in [-0.4, -0.2) is 21.7 Å². The predicted octanol–water partition coefficient (Wildman–Crippen LogP) is 5.93. The number of nitrogens with zero attached hydrogens (tertiary/aromatic N) is 2. The van der Waals surface area contributed by atoms with Crippen molar-refractivity contribution in [3.8, 4) is 0 Å². The van der Waals surface area contributed by atoms with Crippen LogP contribution in [0.1, 0.15) is 45.4 Å². The van der Waals surface area contributed by atoms with E-state index in [9.17, 15) is 0 Å². The molecule has 6 heteroatoms. The van der Waals surface area contributed by atoms with Crippen LogP contribution in [0.4, 0.5) is 5.82 Å². The first-order valence-corrected chi connectivity index (χ1v) is 9.35. The molecule has 0 atom stereocenters. The van der Waals surface area contributed by atoms with Crippen LogP contribution in [0.2, 0.25) is 5.02 Å². The van der Waals surface area contributed by atoms with Gasteiger partial charge in [0, 0.05) is 11.9 Å². The smallest absolute Gasteiger partial charge is 0.165 e. The normalized spacial score (nSPS) is 11.1. The molecule has 0 bridgehead atoms. The molecular formula is C17H25ClN4S. The van der Waals surface area contributed by atoms with E-state index in [2.05, 4.69) is 34.3 Å². The first-order chi connectivity index (χ1) is 11.0. The topological polar surface area (TPSA) is 53.6 Å². The van der Waals surface area contributed by atoms with Gasteiger partial charge < -0.3 is 5.32 Å². The Morgan fingerprint density at radius 3 is 2.61 bits per heavy atom. The van der Waals surface area contributed by atoms with Gasteiger partial charge in [0.05, 0.1) is 20.9 Å². The summed E-state index contributed by atoms with van der Waals surface area (Å²) in [6.45, 7) is 13.4. The number of aryl methyl sites for hydroxylation is 2. The molecule has 0 spiro atoms. The van der Waals surface area contributed by atoms with Crippen LogP contribution < -0.4 is 5.32 Å². The van der Waals surface area contributed by atoms with E-state index in [4.69, 9.17) is 11.6 Å². The lowest BCUT2D eigenvalue weighted by Gasteiger charge is -2.04. The number of hydrogen-bond donors (Lipinski definition) is 2. The molecule has 23 heavy (non-hydrogen) atoms. The average molecular weight is 353 g/mol. The maximum Gasteiger partial charge on any atom is 0.165 e. The molecule has 2 N–H and O–H groups in total. The SMILES string of the molecule is CC.Cc1nc2sc3c(NCCC(C)C)n[nH]c3c2c(C)c1Cl. The number of rotatable bonds is 4. The first-order valence-electron chi connectivity index (χ1n) is 8.16. The summed E-state index contributed by atoms with van der Waals surface area (Å²) >= 11 is 8.00. The van der Waals surface area contributed by atoms with Crippen LogP contribution in [0, 0.1) is 19.8 Å². The highest BCUT2D eigenvalue weighted by atomic mass is 35.5. The first kappa shape index (κ1) is 18.0. The van der Waals surface area contributed by atoms with E-state index < -0.39 is 0 Å². The molecule has 0 aromatic carbocycles. The molecule has 3 rings (SSSR count). The van der Waals surface area contributed by atoms with E-state index in [-0.39, 0.29) is 0 Å². The zero-order chi connectivity index (χ0) is 17.1. The third-order valence-electron chi connectivity index (χ3n) is 3.69. The summed E-state index contributed by atoms with van der Waals surface area (Å²) in [6.07, 6.45) is 1.13. The molecule has 0 unspecified atom stereocenters. The molecule has 0 aliphatic carbocycles. The minimum atomic E-state index is 0.680. The number of halogens is 1. The Kier molecular flexibility index (Phi) is 5.87. The van der Waals surface area contributed by atoms with Crippen molar-refractivity contribution in [3.63, 3.8) is 0 Å². The lowest BCUT2D eigenvalue weighted by Crippen LogP contribution is -2.04. The molecule has 3 aromatic heterocycles. The second-order valence-electron chi connectivity index (χ2n) is 5.80. The van der Waals surface area contributed by atoms with Gasteiger partial charge in [-0.05, 0) is 31.7 Å². The van der Waals surface area contributed by atoms with Crippen LogP contribution in [-0.2, 0) is 0 Å². The molecule has 0 saturated carbocycles. The van der Waals surface area contributed by atoms with Gasteiger partial charge in [-0.15, -0.1) is 11.3 Å². The van der Waals surface area contributed by atoms with E-state index >= 15 is 0 Å². The molecule has 0 radical (unpaired) electrons. The van der Waals surface area contributed by atoms with Gasteiger partial charge in [-0.1, -0.05) is 39.3 Å². The third-order valence-corrected chi connectivity index (χ3v) is 5.34. The Morgan fingerprint density at radius 2 is 1.96 bits per heavy atom. The van der Waals surface area contributed by atoms with Gasteiger partial charge in [0.15, 0.2) is 5.82 Å². The standard InChI is InChI=1S/C15H19ClN4S.C2H6/c1-7(2)5-6-17-14-13-12(19-20-14)10-8(3)11(16)9(4)18-15(10)21-13;1-2/h7H,5-6H2,1-4H3,(H2,17,19,20);1-2H3. The van der Waals surface area contributed by atoms with Gasteiger partial charge >= 0.3 is 0 Å². The number of pyridine rings is 1. The predicted molar refractivity (Wildman–Crippen MR) is 103 cm³/mol. The Bertz CT molecular complexity index is 804. The highest BCUT2D eigenvalue weighted by molar-refractivity contribution is 7.26. The zero-order valence-corrected chi connectivity index (χ0v) is 16.2. The number of nitrogens with one attached hydrogen (secondary N) is 2. The van der Waals surface area contributed by atoms with Gasteiger partial charge in [-0.3, -0.25) is 5.10 Å². The third kappa shape index (κ3) is 3.45. The van der Waals surface area contributed by atoms with Crippen molar-refractivity contribution in [2.24, 2.45) is 5.92 Å². The molecule has 3 heterocycles. The fraction of sp³-hybridized carbons (Fsp3) is 0.529. The van der Waals surface area contributed by atoms with Crippen LogP contribution in [0.15, 0.2) is 0 Å². The summed E-state index contributed by atoms with van der Waals surface area (Å²) in [7, 11) is 0. The average Bonchev–Trinajstić information content (AvgIpc) is 3.06. The lowest BCUT2D eigenvalue weighted by molar-refractivity contribution is 0.607. The number of fused-ring (bicyclic) bond motifs is 3. The molecule has 0 aliphatic rings. The molecule has 0 aliphatic heterocycles. The summed E-state index contributed by atoms with van der Waals surface area (Å²) in [4.78, 5) is 5.62. The van der Waals surface area contributed by atoms with E-state index in [0.717, 1.165) is 55.5 Å². The number of H-pyrrole nitrogens is 1. The van der Waals surface area contributed by atoms with E-state index in [1.54, 1.807) is 11.3 Å². The van der Waals surface area contributed by atoms with Gasteiger partial charge in [-0.2, -0.15) is 5.10 Å². The summed E-state index contributed by atoms with van der Waals surface area (Å²) in [5, 5.41) is 12.8. The Labute approximate surface area is 146 Å². The highest BCUT2D eigenvalue weighted by Gasteiger charge is 2.17. The quantitative estimate of drug-likeness (QED) is 0.612. The maximum absolute atomic E-state index is 6.33. The van der Waals surface area contributed by atoms with Gasteiger partial charge in [0.1, 0.15) is 4.83 Å². The number of hydrogen-bond acceptors (Lipinski definition) is 4. The van der Waals surface area contributed by atoms with Crippen molar-refractivity contribution >= 4 is 49.2 Å². The van der Waals surface area contributed by atoms with Crippen molar-refractivity contribution in [3.05, 3.63) is 16.3 Å². The number of thiophene rings is 1. The number of aromatic amines is 1. The monoisotopic (exact) mass is 352 g/mol. The van der Waals surface area contributed by atoms with Crippen LogP contribution >= 0.6 is 22.9 Å². The van der Waals surface area contributed by atoms with E-state index in [1.807, 2.05) is 27.7 Å². The van der Waals surface area contributed by atoms with E-state index in [1.165, 1.54) is 0 Å². The largest absolute Gasteiger partial charge is 0.367 e. The lowest BCUT2D eigenvalue weighted by atomic mass is 10.1. The molecule has 0 fully saturated rings.